The number of carbonyl (C=O) groups is 2. The Morgan fingerprint density at radius 2 is 1.70 bits per heavy atom. The van der Waals surface area contributed by atoms with Gasteiger partial charge in [-0.15, -0.1) is 0 Å². The van der Waals surface area contributed by atoms with Gasteiger partial charge in [0.05, 0.1) is 4.90 Å². The summed E-state index contributed by atoms with van der Waals surface area (Å²) >= 11 is 0. The van der Waals surface area contributed by atoms with E-state index in [1.807, 2.05) is 49.7 Å². The fourth-order valence-corrected chi connectivity index (χ4v) is 6.38. The van der Waals surface area contributed by atoms with E-state index in [0.717, 1.165) is 52.4 Å². The number of fused-ring (bicyclic) bond motifs is 1. The molecule has 1 atom stereocenters. The fourth-order valence-electron chi connectivity index (χ4n) is 4.84. The normalized spacial score (nSPS) is 15.4. The van der Waals surface area contributed by atoms with Crippen molar-refractivity contribution in [3.05, 3.63) is 64.8 Å². The van der Waals surface area contributed by atoms with Crippen molar-refractivity contribution in [3.63, 3.8) is 0 Å². The molecule has 1 aromatic heterocycles. The minimum absolute atomic E-state index is 0.156. The highest BCUT2D eigenvalue weighted by atomic mass is 32.2. The molecule has 10 heteroatoms. The summed E-state index contributed by atoms with van der Waals surface area (Å²) < 4.78 is 29.7. The van der Waals surface area contributed by atoms with Gasteiger partial charge >= 0.3 is 6.09 Å². The summed E-state index contributed by atoms with van der Waals surface area (Å²) in [6.45, 7) is 7.32. The molecule has 4 rings (SSSR count). The summed E-state index contributed by atoms with van der Waals surface area (Å²) in [5, 5.41) is 14.9. The molecule has 3 N–H and O–H groups in total. The zero-order chi connectivity index (χ0) is 26.7. The molecule has 0 saturated carbocycles. The molecule has 1 unspecified atom stereocenters. The lowest BCUT2D eigenvalue weighted by atomic mass is 10.0. The summed E-state index contributed by atoms with van der Waals surface area (Å²) in [5.41, 5.74) is 4.45. The summed E-state index contributed by atoms with van der Waals surface area (Å²) in [5.74, 6) is -0.156. The van der Waals surface area contributed by atoms with Crippen LogP contribution in [0, 0.1) is 13.8 Å². The van der Waals surface area contributed by atoms with Crippen molar-refractivity contribution in [2.24, 2.45) is 0 Å². The van der Waals surface area contributed by atoms with E-state index in [1.54, 1.807) is 22.5 Å². The maximum Gasteiger partial charge on any atom is 0.404 e. The number of aromatic nitrogens is 1. The quantitative estimate of drug-likeness (QED) is 0.409. The van der Waals surface area contributed by atoms with Crippen LogP contribution in [-0.2, 0) is 27.9 Å². The highest BCUT2D eigenvalue weighted by Crippen LogP contribution is 2.29. The Bertz CT molecular complexity index is 1420. The Morgan fingerprint density at radius 3 is 2.38 bits per heavy atom. The summed E-state index contributed by atoms with van der Waals surface area (Å²) in [4.78, 5) is 24.0. The zero-order valence-corrected chi connectivity index (χ0v) is 22.3. The van der Waals surface area contributed by atoms with E-state index in [9.17, 15) is 18.0 Å². The van der Waals surface area contributed by atoms with Gasteiger partial charge in [-0.2, -0.15) is 4.31 Å². The van der Waals surface area contributed by atoms with Crippen LogP contribution in [0.4, 0.5) is 4.79 Å². The summed E-state index contributed by atoms with van der Waals surface area (Å²) in [6, 6.07) is 10.3. The van der Waals surface area contributed by atoms with Crippen molar-refractivity contribution in [1.82, 2.24) is 19.5 Å². The molecule has 0 aliphatic carbocycles. The van der Waals surface area contributed by atoms with Crippen LogP contribution in [0.15, 0.2) is 47.5 Å². The minimum atomic E-state index is -3.54. The number of carbonyl (C=O) groups excluding carboxylic acids is 1. The van der Waals surface area contributed by atoms with Crippen molar-refractivity contribution in [3.8, 4) is 0 Å². The SMILES string of the molecule is Cc1cc(CNC(=O)C(C)n2cc(C)c3cc(S(=O)(=O)N4CCCCC4)ccc32)ccc1CNC(=O)O. The lowest BCUT2D eigenvalue weighted by Crippen LogP contribution is -2.35. The van der Waals surface area contributed by atoms with Gasteiger partial charge in [0, 0.05) is 43.3 Å². The first-order valence-corrected chi connectivity index (χ1v) is 14.0. The van der Waals surface area contributed by atoms with Crippen LogP contribution < -0.4 is 10.6 Å². The average molecular weight is 527 g/mol. The summed E-state index contributed by atoms with van der Waals surface area (Å²) in [7, 11) is -3.54. The van der Waals surface area contributed by atoms with Crippen LogP contribution in [0.1, 0.15) is 54.5 Å². The van der Waals surface area contributed by atoms with Gasteiger partial charge in [-0.25, -0.2) is 13.2 Å². The van der Waals surface area contributed by atoms with E-state index in [0.29, 0.717) is 19.6 Å². The third kappa shape index (κ3) is 5.80. The maximum atomic E-state index is 13.1. The Kier molecular flexibility index (Phi) is 7.89. The molecule has 1 saturated heterocycles. The van der Waals surface area contributed by atoms with Crippen molar-refractivity contribution in [2.45, 2.75) is 64.1 Å². The van der Waals surface area contributed by atoms with Gasteiger partial charge in [0.15, 0.2) is 0 Å². The first-order chi connectivity index (χ1) is 17.6. The van der Waals surface area contributed by atoms with Gasteiger partial charge in [0.2, 0.25) is 15.9 Å². The average Bonchev–Trinajstić information content (AvgIpc) is 3.22. The number of hydrogen-bond donors (Lipinski definition) is 3. The van der Waals surface area contributed by atoms with Crippen LogP contribution in [0.2, 0.25) is 0 Å². The highest BCUT2D eigenvalue weighted by molar-refractivity contribution is 7.89. The monoisotopic (exact) mass is 526 g/mol. The number of benzene rings is 2. The van der Waals surface area contributed by atoms with Crippen molar-refractivity contribution in [1.29, 1.82) is 0 Å². The second-order valence-corrected chi connectivity index (χ2v) is 11.6. The first-order valence-electron chi connectivity index (χ1n) is 12.5. The van der Waals surface area contributed by atoms with Crippen LogP contribution in [0.25, 0.3) is 10.9 Å². The molecule has 0 spiro atoms. The number of piperidine rings is 1. The predicted octanol–water partition coefficient (Wildman–Crippen LogP) is 4.08. The van der Waals surface area contributed by atoms with E-state index in [4.69, 9.17) is 5.11 Å². The van der Waals surface area contributed by atoms with Gasteiger partial charge in [0.1, 0.15) is 6.04 Å². The Balaban J connectivity index is 1.47. The maximum absolute atomic E-state index is 13.1. The Hall–Kier alpha value is -3.37. The minimum Gasteiger partial charge on any atom is -0.465 e. The first kappa shape index (κ1) is 26.7. The molecule has 37 heavy (non-hydrogen) atoms. The zero-order valence-electron chi connectivity index (χ0n) is 21.5. The molecular formula is C27H34N4O5S. The van der Waals surface area contributed by atoms with E-state index < -0.39 is 22.2 Å². The molecule has 198 valence electrons. The van der Waals surface area contributed by atoms with Crippen LogP contribution >= 0.6 is 0 Å². The van der Waals surface area contributed by atoms with E-state index in [-0.39, 0.29) is 17.3 Å². The molecule has 0 radical (unpaired) electrons. The number of rotatable bonds is 8. The largest absolute Gasteiger partial charge is 0.465 e. The molecule has 1 fully saturated rings. The molecule has 1 aliphatic rings. The summed E-state index contributed by atoms with van der Waals surface area (Å²) in [6.07, 6.45) is 3.64. The third-order valence-electron chi connectivity index (χ3n) is 7.06. The van der Waals surface area contributed by atoms with Gasteiger partial charge in [-0.1, -0.05) is 24.6 Å². The lowest BCUT2D eigenvalue weighted by molar-refractivity contribution is -0.123. The van der Waals surface area contributed by atoms with E-state index in [2.05, 4.69) is 10.6 Å². The molecule has 2 aromatic carbocycles. The standard InChI is InChI=1S/C27H34N4O5S/c1-18-13-21(7-8-22(18)16-29-27(33)34)15-28-26(32)20(3)31-17-19(2)24-14-23(9-10-25(24)31)37(35,36)30-11-5-4-6-12-30/h7-10,13-14,17,20,29H,4-6,11-12,15-16H2,1-3H3,(H,28,32)(H,33,34). The lowest BCUT2D eigenvalue weighted by Gasteiger charge is -2.26. The number of amides is 2. The van der Waals surface area contributed by atoms with Gasteiger partial charge < -0.3 is 20.3 Å². The predicted molar refractivity (Wildman–Crippen MR) is 142 cm³/mol. The number of nitrogens with one attached hydrogen (secondary N) is 2. The molecular weight excluding hydrogens is 492 g/mol. The molecule has 9 nitrogen and oxygen atoms in total. The number of hydrogen-bond acceptors (Lipinski definition) is 4. The van der Waals surface area contributed by atoms with Crippen molar-refractivity contribution in [2.75, 3.05) is 13.1 Å². The Morgan fingerprint density at radius 1 is 0.973 bits per heavy atom. The van der Waals surface area contributed by atoms with Crippen LogP contribution in [0.5, 0.6) is 0 Å². The number of carboxylic acid groups (broad SMARTS) is 1. The van der Waals surface area contributed by atoms with Crippen LogP contribution in [-0.4, -0.2) is 47.5 Å². The van der Waals surface area contributed by atoms with Gasteiger partial charge in [-0.05, 0) is 74.1 Å². The third-order valence-corrected chi connectivity index (χ3v) is 8.95. The molecule has 3 aromatic rings. The highest BCUT2D eigenvalue weighted by Gasteiger charge is 2.27. The molecule has 1 aliphatic heterocycles. The number of sulfonamides is 1. The smallest absolute Gasteiger partial charge is 0.404 e. The molecule has 2 amide bonds. The van der Waals surface area contributed by atoms with Gasteiger partial charge in [-0.3, -0.25) is 4.79 Å². The topological polar surface area (TPSA) is 121 Å². The van der Waals surface area contributed by atoms with E-state index >= 15 is 0 Å². The fraction of sp³-hybridized carbons (Fsp3) is 0.407. The molecule has 2 heterocycles. The van der Waals surface area contributed by atoms with Crippen molar-refractivity contribution < 1.29 is 23.1 Å². The number of nitrogens with zero attached hydrogens (tertiary/aromatic N) is 2. The van der Waals surface area contributed by atoms with Crippen molar-refractivity contribution >= 4 is 32.9 Å². The second kappa shape index (κ2) is 10.9. The number of aryl methyl sites for hydroxylation is 2. The molecule has 0 bridgehead atoms. The van der Waals surface area contributed by atoms with Crippen LogP contribution in [0.3, 0.4) is 0 Å². The Labute approximate surface area is 217 Å². The van der Waals surface area contributed by atoms with E-state index in [1.165, 1.54) is 0 Å². The second-order valence-electron chi connectivity index (χ2n) is 9.68. The van der Waals surface area contributed by atoms with Gasteiger partial charge in [0.25, 0.3) is 0 Å².